The van der Waals surface area contributed by atoms with Crippen molar-refractivity contribution < 1.29 is 4.39 Å². The Morgan fingerprint density at radius 1 is 1.37 bits per heavy atom. The summed E-state index contributed by atoms with van der Waals surface area (Å²) in [6.45, 7) is 0. The normalized spacial score (nSPS) is 11.1. The fourth-order valence-electron chi connectivity index (χ4n) is 1.86. The van der Waals surface area contributed by atoms with Crippen LogP contribution in [0.1, 0.15) is 0 Å². The molecular weight excluding hydrogens is 400 g/mol. The molecule has 2 aromatic heterocycles. The molecule has 0 unspecified atom stereocenters. The van der Waals surface area contributed by atoms with E-state index in [1.807, 2.05) is 0 Å². The summed E-state index contributed by atoms with van der Waals surface area (Å²) in [6, 6.07) is 6.28. The third kappa shape index (κ3) is 2.28. The van der Waals surface area contributed by atoms with Crippen molar-refractivity contribution in [2.45, 2.75) is 0 Å². The zero-order valence-electron chi connectivity index (χ0n) is 9.32. The van der Waals surface area contributed by atoms with Crippen molar-refractivity contribution in [1.82, 2.24) is 14.5 Å². The fourth-order valence-corrected chi connectivity index (χ4v) is 3.03. The number of rotatable bonds is 1. The number of hydrogen-bond acceptors (Lipinski definition) is 2. The van der Waals surface area contributed by atoms with E-state index in [1.54, 1.807) is 22.9 Å². The molecule has 0 amide bonds. The van der Waals surface area contributed by atoms with Gasteiger partial charge in [0.25, 0.3) is 0 Å². The van der Waals surface area contributed by atoms with E-state index in [0.29, 0.717) is 15.4 Å². The van der Waals surface area contributed by atoms with Crippen molar-refractivity contribution >= 4 is 57.6 Å². The molecule has 0 aliphatic carbocycles. The maximum Gasteiger partial charge on any atom is 0.184 e. The molecule has 1 aromatic carbocycles. The average Bonchev–Trinajstić information content (AvgIpc) is 2.65. The highest BCUT2D eigenvalue weighted by Crippen LogP contribution is 2.24. The number of nitrogens with one attached hydrogen (secondary N) is 1. The van der Waals surface area contributed by atoms with Crippen molar-refractivity contribution in [3.05, 3.63) is 49.6 Å². The smallest absolute Gasteiger partial charge is 0.184 e. The molecule has 0 radical (unpaired) electrons. The van der Waals surface area contributed by atoms with Gasteiger partial charge in [-0.15, -0.1) is 0 Å². The minimum absolute atomic E-state index is 0.282. The summed E-state index contributed by atoms with van der Waals surface area (Å²) < 4.78 is 16.2. The van der Waals surface area contributed by atoms with Crippen LogP contribution < -0.4 is 0 Å². The lowest BCUT2D eigenvalue weighted by molar-refractivity contribution is 0.626. The van der Waals surface area contributed by atoms with Crippen LogP contribution in [0.25, 0.3) is 16.9 Å². The van der Waals surface area contributed by atoms with Crippen molar-refractivity contribution in [3.63, 3.8) is 0 Å². The van der Waals surface area contributed by atoms with Crippen molar-refractivity contribution in [3.8, 4) is 5.69 Å². The zero-order chi connectivity index (χ0) is 13.6. The molecule has 3 nitrogen and oxygen atoms in total. The number of nitrogens with zero attached hydrogens (tertiary/aromatic N) is 2. The van der Waals surface area contributed by atoms with Crippen LogP contribution in [0.5, 0.6) is 0 Å². The second kappa shape index (κ2) is 4.84. The van der Waals surface area contributed by atoms with E-state index in [9.17, 15) is 4.39 Å². The van der Waals surface area contributed by atoms with Gasteiger partial charge in [0.2, 0.25) is 0 Å². The number of hydrogen-bond donors (Lipinski definition) is 1. The summed E-state index contributed by atoms with van der Waals surface area (Å²) >= 11 is 13.3. The maximum absolute atomic E-state index is 13.2. The van der Waals surface area contributed by atoms with Crippen LogP contribution in [0, 0.1) is 14.2 Å². The van der Waals surface area contributed by atoms with Gasteiger partial charge in [-0.05, 0) is 59.1 Å². The Kier molecular flexibility index (Phi) is 3.32. The molecule has 19 heavy (non-hydrogen) atoms. The van der Waals surface area contributed by atoms with Gasteiger partial charge >= 0.3 is 0 Å². The number of halogens is 3. The van der Waals surface area contributed by atoms with Gasteiger partial charge in [-0.25, -0.2) is 9.37 Å². The monoisotopic (exact) mass is 405 g/mol. The molecule has 0 atom stereocenters. The molecule has 3 aromatic rings. The second-order valence-electron chi connectivity index (χ2n) is 3.89. The first-order valence-electron chi connectivity index (χ1n) is 5.28. The number of pyridine rings is 1. The molecule has 0 fully saturated rings. The summed E-state index contributed by atoms with van der Waals surface area (Å²) in [7, 11) is 0. The van der Waals surface area contributed by atoms with Crippen LogP contribution in [-0.4, -0.2) is 14.5 Å². The van der Waals surface area contributed by atoms with E-state index < -0.39 is 0 Å². The largest absolute Gasteiger partial charge is 0.329 e. The number of imidazole rings is 1. The highest BCUT2D eigenvalue weighted by Gasteiger charge is 2.11. The topological polar surface area (TPSA) is 33.6 Å². The van der Waals surface area contributed by atoms with E-state index in [0.717, 1.165) is 14.8 Å². The molecule has 7 heteroatoms. The SMILES string of the molecule is Fc1ccc(-n2c(=S)[nH]c3cc(Cl)cnc32)c(I)c1. The predicted octanol–water partition coefficient (Wildman–Crippen LogP) is 4.48. The van der Waals surface area contributed by atoms with Gasteiger partial charge < -0.3 is 4.98 Å². The van der Waals surface area contributed by atoms with Crippen molar-refractivity contribution in [2.75, 3.05) is 0 Å². The minimum Gasteiger partial charge on any atom is -0.329 e. The van der Waals surface area contributed by atoms with Crippen LogP contribution in [0.2, 0.25) is 5.02 Å². The van der Waals surface area contributed by atoms with Gasteiger partial charge in [-0.2, -0.15) is 0 Å². The van der Waals surface area contributed by atoms with Crippen LogP contribution in [0.15, 0.2) is 30.5 Å². The van der Waals surface area contributed by atoms with Gasteiger partial charge in [0.1, 0.15) is 5.82 Å². The first-order chi connectivity index (χ1) is 9.06. The first kappa shape index (κ1) is 13.0. The highest BCUT2D eigenvalue weighted by molar-refractivity contribution is 14.1. The lowest BCUT2D eigenvalue weighted by Gasteiger charge is -2.06. The Labute approximate surface area is 131 Å². The fraction of sp³-hybridized carbons (Fsp3) is 0. The van der Waals surface area contributed by atoms with Crippen LogP contribution in [0.4, 0.5) is 4.39 Å². The lowest BCUT2D eigenvalue weighted by atomic mass is 10.3. The van der Waals surface area contributed by atoms with Gasteiger partial charge in [-0.1, -0.05) is 11.6 Å². The quantitative estimate of drug-likeness (QED) is 0.478. The standard InChI is InChI=1S/C12H6ClFIN3S/c13-6-3-9-11(16-5-6)18(12(19)17-9)10-2-1-7(14)4-8(10)15/h1-5H,(H,17,19). The molecule has 0 aliphatic rings. The molecule has 0 saturated heterocycles. The molecular formula is C12H6ClFIN3S. The Morgan fingerprint density at radius 2 is 2.16 bits per heavy atom. The molecule has 0 spiro atoms. The second-order valence-corrected chi connectivity index (χ2v) is 5.87. The van der Waals surface area contributed by atoms with Gasteiger partial charge in [-0.3, -0.25) is 4.57 Å². The zero-order valence-corrected chi connectivity index (χ0v) is 13.1. The van der Waals surface area contributed by atoms with E-state index in [4.69, 9.17) is 23.8 Å². The van der Waals surface area contributed by atoms with E-state index in [1.165, 1.54) is 12.1 Å². The molecule has 0 bridgehead atoms. The summed E-state index contributed by atoms with van der Waals surface area (Å²) in [6.07, 6.45) is 1.55. The first-order valence-corrected chi connectivity index (χ1v) is 7.14. The number of aromatic amines is 1. The van der Waals surface area contributed by atoms with Crippen molar-refractivity contribution in [2.24, 2.45) is 0 Å². The van der Waals surface area contributed by atoms with Gasteiger partial charge in [0.05, 0.1) is 16.2 Å². The summed E-state index contributed by atoms with van der Waals surface area (Å²) in [5.74, 6) is -0.282. The molecule has 0 aliphatic heterocycles. The van der Waals surface area contributed by atoms with Gasteiger partial charge in [0.15, 0.2) is 10.4 Å². The van der Waals surface area contributed by atoms with Crippen LogP contribution in [0.3, 0.4) is 0 Å². The number of aromatic nitrogens is 3. The molecule has 96 valence electrons. The Balaban J connectivity index is 2.36. The number of fused-ring (bicyclic) bond motifs is 1. The molecule has 1 N–H and O–H groups in total. The Morgan fingerprint density at radius 3 is 2.89 bits per heavy atom. The molecule has 2 heterocycles. The van der Waals surface area contributed by atoms with E-state index in [2.05, 4.69) is 32.6 Å². The third-order valence-corrected chi connectivity index (χ3v) is 4.00. The highest BCUT2D eigenvalue weighted by atomic mass is 127. The Hall–Kier alpha value is -0.990. The number of benzene rings is 1. The Bertz CT molecular complexity index is 843. The summed E-state index contributed by atoms with van der Waals surface area (Å²) in [5.41, 5.74) is 2.20. The maximum atomic E-state index is 13.2. The van der Waals surface area contributed by atoms with Crippen LogP contribution >= 0.6 is 46.4 Å². The molecule has 0 saturated carbocycles. The van der Waals surface area contributed by atoms with E-state index in [-0.39, 0.29) is 5.82 Å². The van der Waals surface area contributed by atoms with Crippen molar-refractivity contribution in [1.29, 1.82) is 0 Å². The van der Waals surface area contributed by atoms with Gasteiger partial charge in [0, 0.05) is 9.77 Å². The van der Waals surface area contributed by atoms with E-state index >= 15 is 0 Å². The minimum atomic E-state index is -0.282. The summed E-state index contributed by atoms with van der Waals surface area (Å²) in [4.78, 5) is 7.32. The van der Waals surface area contributed by atoms with Crippen LogP contribution in [-0.2, 0) is 0 Å². The summed E-state index contributed by atoms with van der Waals surface area (Å²) in [5, 5.41) is 0.532. The molecule has 3 rings (SSSR count). The predicted molar refractivity (Wildman–Crippen MR) is 83.9 cm³/mol. The lowest BCUT2D eigenvalue weighted by Crippen LogP contribution is -1.98. The average molecular weight is 406 g/mol. The number of H-pyrrole nitrogens is 1. The third-order valence-electron chi connectivity index (χ3n) is 2.64.